The SMILES string of the molecule is CC1CCC(Cn2c(N3CCCC3C(F)(F)F)nc3cc(C#N)nc(-c4cncc(Cl)c4)c32)CC1. The Labute approximate surface area is 206 Å². The van der Waals surface area contributed by atoms with Gasteiger partial charge >= 0.3 is 6.18 Å². The lowest BCUT2D eigenvalue weighted by Crippen LogP contribution is -2.42. The van der Waals surface area contributed by atoms with Crippen molar-refractivity contribution in [2.45, 2.75) is 64.2 Å². The van der Waals surface area contributed by atoms with Gasteiger partial charge < -0.3 is 9.47 Å². The number of fused-ring (bicyclic) bond motifs is 1. The maximum Gasteiger partial charge on any atom is 0.408 e. The van der Waals surface area contributed by atoms with E-state index >= 15 is 0 Å². The number of anilines is 1. The molecule has 35 heavy (non-hydrogen) atoms. The lowest BCUT2D eigenvalue weighted by atomic mass is 9.83. The van der Waals surface area contributed by atoms with Crippen LogP contribution in [0.3, 0.4) is 0 Å². The summed E-state index contributed by atoms with van der Waals surface area (Å²) in [6, 6.07) is 3.73. The lowest BCUT2D eigenvalue weighted by molar-refractivity contribution is -0.146. The van der Waals surface area contributed by atoms with Gasteiger partial charge in [0.1, 0.15) is 17.8 Å². The van der Waals surface area contributed by atoms with E-state index in [1.54, 1.807) is 18.3 Å². The van der Waals surface area contributed by atoms with Gasteiger partial charge in [0.15, 0.2) is 0 Å². The van der Waals surface area contributed by atoms with Crippen LogP contribution in [-0.4, -0.2) is 38.3 Å². The summed E-state index contributed by atoms with van der Waals surface area (Å²) in [5.41, 5.74) is 2.27. The summed E-state index contributed by atoms with van der Waals surface area (Å²) in [5.74, 6) is 1.29. The Morgan fingerprint density at radius 3 is 2.57 bits per heavy atom. The predicted octanol–water partition coefficient (Wildman–Crippen LogP) is 6.38. The third-order valence-electron chi connectivity index (χ3n) is 7.26. The predicted molar refractivity (Wildman–Crippen MR) is 128 cm³/mol. The Balaban J connectivity index is 1.71. The van der Waals surface area contributed by atoms with E-state index in [9.17, 15) is 18.4 Å². The topological polar surface area (TPSA) is 70.6 Å². The second kappa shape index (κ2) is 9.30. The van der Waals surface area contributed by atoms with Crippen LogP contribution < -0.4 is 4.90 Å². The van der Waals surface area contributed by atoms with Crippen molar-refractivity contribution >= 4 is 28.6 Å². The molecule has 5 rings (SSSR count). The van der Waals surface area contributed by atoms with E-state index in [1.165, 1.54) is 11.1 Å². The Morgan fingerprint density at radius 1 is 1.11 bits per heavy atom. The number of nitrogens with zero attached hydrogens (tertiary/aromatic N) is 6. The van der Waals surface area contributed by atoms with E-state index in [0.29, 0.717) is 58.1 Å². The largest absolute Gasteiger partial charge is 0.408 e. The van der Waals surface area contributed by atoms with E-state index < -0.39 is 12.2 Å². The fourth-order valence-corrected chi connectivity index (χ4v) is 5.63. The van der Waals surface area contributed by atoms with Crippen LogP contribution >= 0.6 is 11.6 Å². The third-order valence-corrected chi connectivity index (χ3v) is 7.47. The number of imidazole rings is 1. The molecular weight excluding hydrogens is 477 g/mol. The number of alkyl halides is 3. The highest BCUT2D eigenvalue weighted by Gasteiger charge is 2.47. The summed E-state index contributed by atoms with van der Waals surface area (Å²) < 4.78 is 43.7. The van der Waals surface area contributed by atoms with Crippen molar-refractivity contribution in [1.29, 1.82) is 5.26 Å². The number of hydrogen-bond donors (Lipinski definition) is 0. The van der Waals surface area contributed by atoms with Crippen molar-refractivity contribution in [3.8, 4) is 17.3 Å². The van der Waals surface area contributed by atoms with E-state index in [4.69, 9.17) is 16.6 Å². The molecule has 1 saturated carbocycles. The molecule has 184 valence electrons. The zero-order valence-electron chi connectivity index (χ0n) is 19.4. The first kappa shape index (κ1) is 23.9. The van der Waals surface area contributed by atoms with Gasteiger partial charge in [-0.2, -0.15) is 18.4 Å². The average molecular weight is 503 g/mol. The van der Waals surface area contributed by atoms with Crippen molar-refractivity contribution in [2.24, 2.45) is 11.8 Å². The molecule has 0 radical (unpaired) electrons. The minimum Gasteiger partial charge on any atom is -0.330 e. The van der Waals surface area contributed by atoms with Crippen LogP contribution in [0.1, 0.15) is 51.1 Å². The smallest absolute Gasteiger partial charge is 0.330 e. The second-order valence-electron chi connectivity index (χ2n) is 9.77. The number of hydrogen-bond acceptors (Lipinski definition) is 5. The Morgan fingerprint density at radius 2 is 1.89 bits per heavy atom. The van der Waals surface area contributed by atoms with Crippen LogP contribution in [0, 0.1) is 23.2 Å². The van der Waals surface area contributed by atoms with Gasteiger partial charge in [-0.3, -0.25) is 4.98 Å². The average Bonchev–Trinajstić information content (AvgIpc) is 3.45. The van der Waals surface area contributed by atoms with E-state index in [-0.39, 0.29) is 18.7 Å². The zero-order chi connectivity index (χ0) is 24.7. The van der Waals surface area contributed by atoms with Crippen molar-refractivity contribution in [3.63, 3.8) is 0 Å². The highest BCUT2D eigenvalue weighted by atomic mass is 35.5. The first-order valence-electron chi connectivity index (χ1n) is 12.0. The number of nitriles is 1. The summed E-state index contributed by atoms with van der Waals surface area (Å²) in [6.45, 7) is 3.07. The van der Waals surface area contributed by atoms with Gasteiger partial charge in [0.05, 0.1) is 21.7 Å². The molecule has 3 aromatic rings. The third kappa shape index (κ3) is 4.68. The van der Waals surface area contributed by atoms with Crippen LogP contribution in [-0.2, 0) is 6.54 Å². The summed E-state index contributed by atoms with van der Waals surface area (Å²) in [4.78, 5) is 14.8. The Bertz CT molecular complexity index is 1270. The van der Waals surface area contributed by atoms with E-state index in [0.717, 1.165) is 25.7 Å². The number of pyridine rings is 2. The van der Waals surface area contributed by atoms with Crippen LogP contribution in [0.2, 0.25) is 5.02 Å². The Kier molecular flexibility index (Phi) is 6.34. The molecule has 2 fully saturated rings. The summed E-state index contributed by atoms with van der Waals surface area (Å²) in [5, 5.41) is 10.0. The molecule has 6 nitrogen and oxygen atoms in total. The summed E-state index contributed by atoms with van der Waals surface area (Å²) in [7, 11) is 0. The van der Waals surface area contributed by atoms with E-state index in [1.807, 2.05) is 4.57 Å². The molecule has 0 spiro atoms. The first-order valence-corrected chi connectivity index (χ1v) is 12.4. The molecule has 10 heteroatoms. The molecule has 0 amide bonds. The van der Waals surface area contributed by atoms with Crippen LogP contribution in [0.4, 0.5) is 19.1 Å². The van der Waals surface area contributed by atoms with Crippen LogP contribution in [0.5, 0.6) is 0 Å². The number of aromatic nitrogens is 4. The minimum atomic E-state index is -4.35. The molecule has 1 atom stereocenters. The number of rotatable bonds is 4. The van der Waals surface area contributed by atoms with Crippen molar-refractivity contribution in [1.82, 2.24) is 19.5 Å². The van der Waals surface area contributed by atoms with Gasteiger partial charge in [-0.15, -0.1) is 0 Å². The molecule has 2 aliphatic rings. The second-order valence-corrected chi connectivity index (χ2v) is 10.2. The van der Waals surface area contributed by atoms with Crippen LogP contribution in [0.15, 0.2) is 24.5 Å². The first-order chi connectivity index (χ1) is 16.7. The van der Waals surface area contributed by atoms with Gasteiger partial charge in [-0.05, 0) is 43.6 Å². The standard InChI is InChI=1S/C25H26ClF3N6/c1-15-4-6-16(7-5-15)14-35-23-20(33-24(35)34-8-2-3-21(34)25(27,28)29)10-19(11-30)32-22(23)17-9-18(26)13-31-12-17/h9-10,12-13,15-16,21H,2-8,14H2,1H3. The van der Waals surface area contributed by atoms with Gasteiger partial charge in [0, 0.05) is 37.1 Å². The molecule has 0 N–H and O–H groups in total. The summed E-state index contributed by atoms with van der Waals surface area (Å²) >= 11 is 6.20. The molecule has 4 heterocycles. The van der Waals surface area contributed by atoms with E-state index in [2.05, 4.69) is 23.0 Å². The molecule has 1 aliphatic heterocycles. The molecule has 1 saturated heterocycles. The quantitative estimate of drug-likeness (QED) is 0.414. The molecule has 0 bridgehead atoms. The van der Waals surface area contributed by atoms with Crippen molar-refractivity contribution < 1.29 is 13.2 Å². The zero-order valence-corrected chi connectivity index (χ0v) is 20.1. The van der Waals surface area contributed by atoms with Crippen molar-refractivity contribution in [3.05, 3.63) is 35.2 Å². The van der Waals surface area contributed by atoms with Gasteiger partial charge in [0.25, 0.3) is 0 Å². The highest BCUT2D eigenvalue weighted by Crippen LogP contribution is 2.40. The maximum atomic E-state index is 13.9. The normalized spacial score (nSPS) is 23.1. The molecule has 3 aromatic heterocycles. The molecule has 1 aliphatic carbocycles. The summed E-state index contributed by atoms with van der Waals surface area (Å²) in [6.07, 6.45) is 3.47. The van der Waals surface area contributed by atoms with Crippen molar-refractivity contribution in [2.75, 3.05) is 11.4 Å². The fourth-order valence-electron chi connectivity index (χ4n) is 5.45. The monoisotopic (exact) mass is 502 g/mol. The maximum absolute atomic E-state index is 13.9. The molecule has 1 unspecified atom stereocenters. The molecule has 0 aromatic carbocycles. The van der Waals surface area contributed by atoms with Gasteiger partial charge in [-0.1, -0.05) is 31.4 Å². The molecular formula is C25H26ClF3N6. The minimum absolute atomic E-state index is 0.0421. The Hall–Kier alpha value is -2.86. The fraction of sp³-hybridized carbons (Fsp3) is 0.520. The van der Waals surface area contributed by atoms with Gasteiger partial charge in [0.2, 0.25) is 5.95 Å². The van der Waals surface area contributed by atoms with Gasteiger partial charge in [-0.25, -0.2) is 9.97 Å². The van der Waals surface area contributed by atoms with Crippen LogP contribution in [0.25, 0.3) is 22.3 Å². The lowest BCUT2D eigenvalue weighted by Gasteiger charge is -2.31. The number of halogens is 4. The highest BCUT2D eigenvalue weighted by molar-refractivity contribution is 6.30.